The van der Waals surface area contributed by atoms with Crippen molar-refractivity contribution in [1.29, 1.82) is 0 Å². The maximum Gasteiger partial charge on any atom is 0.326 e. The molecule has 0 unspecified atom stereocenters. The molecule has 0 aliphatic carbocycles. The third kappa shape index (κ3) is 11.2. The minimum Gasteiger partial charge on any atom is -0.480 e. The zero-order valence-electron chi connectivity index (χ0n) is 24.2. The smallest absolute Gasteiger partial charge is 0.326 e. The third-order valence-electron chi connectivity index (χ3n) is 6.99. The van der Waals surface area contributed by atoms with Gasteiger partial charge in [0.05, 0.1) is 19.8 Å². The van der Waals surface area contributed by atoms with Gasteiger partial charge < -0.3 is 25.8 Å². The molecular weight excluding hydrogens is 543 g/mol. The SMILES string of the molecule is CC(C)C[C@H](NC(=O)[C@H](CCc1ccccc1)NC(=O)CN1CCOCC1)C(=O)N[C@@H](Cc1ccc(F)cc1)C(=O)O. The van der Waals surface area contributed by atoms with E-state index in [1.165, 1.54) is 24.3 Å². The molecule has 3 rings (SSSR count). The van der Waals surface area contributed by atoms with Crippen LogP contribution in [0.3, 0.4) is 0 Å². The fourth-order valence-electron chi connectivity index (χ4n) is 4.73. The highest BCUT2D eigenvalue weighted by atomic mass is 19.1. The Balaban J connectivity index is 1.70. The molecule has 4 N–H and O–H groups in total. The number of ether oxygens (including phenoxy) is 1. The van der Waals surface area contributed by atoms with Crippen LogP contribution < -0.4 is 16.0 Å². The van der Waals surface area contributed by atoms with Crippen LogP contribution in [-0.4, -0.2) is 84.7 Å². The Labute approximate surface area is 246 Å². The van der Waals surface area contributed by atoms with E-state index in [-0.39, 0.29) is 31.2 Å². The van der Waals surface area contributed by atoms with E-state index in [9.17, 15) is 28.7 Å². The number of halogens is 1. The van der Waals surface area contributed by atoms with Crippen molar-refractivity contribution in [2.75, 3.05) is 32.8 Å². The maximum absolute atomic E-state index is 13.5. The second-order valence-corrected chi connectivity index (χ2v) is 11.0. The van der Waals surface area contributed by atoms with E-state index in [1.54, 1.807) is 0 Å². The lowest BCUT2D eigenvalue weighted by Crippen LogP contribution is -2.57. The van der Waals surface area contributed by atoms with Crippen molar-refractivity contribution in [1.82, 2.24) is 20.9 Å². The van der Waals surface area contributed by atoms with Gasteiger partial charge in [-0.15, -0.1) is 0 Å². The fraction of sp³-hybridized carbons (Fsp3) is 0.484. The van der Waals surface area contributed by atoms with Gasteiger partial charge in [-0.2, -0.15) is 0 Å². The normalized spacial score (nSPS) is 15.8. The van der Waals surface area contributed by atoms with Crippen molar-refractivity contribution >= 4 is 23.7 Å². The van der Waals surface area contributed by atoms with Gasteiger partial charge in [0.2, 0.25) is 17.7 Å². The highest BCUT2D eigenvalue weighted by molar-refractivity contribution is 5.93. The van der Waals surface area contributed by atoms with Crippen LogP contribution in [0.5, 0.6) is 0 Å². The summed E-state index contributed by atoms with van der Waals surface area (Å²) in [5.41, 5.74) is 1.54. The van der Waals surface area contributed by atoms with E-state index in [0.29, 0.717) is 44.7 Å². The van der Waals surface area contributed by atoms with E-state index >= 15 is 0 Å². The van der Waals surface area contributed by atoms with Gasteiger partial charge >= 0.3 is 5.97 Å². The Kier molecular flexibility index (Phi) is 12.9. The first kappa shape index (κ1) is 32.7. The number of hydrogen-bond acceptors (Lipinski definition) is 6. The number of rotatable bonds is 15. The summed E-state index contributed by atoms with van der Waals surface area (Å²) in [5, 5.41) is 17.9. The van der Waals surface area contributed by atoms with Crippen LogP contribution in [0.1, 0.15) is 37.8 Å². The summed E-state index contributed by atoms with van der Waals surface area (Å²) < 4.78 is 18.6. The van der Waals surface area contributed by atoms with Crippen molar-refractivity contribution < 1.29 is 33.4 Å². The number of carbonyl (C=O) groups is 4. The Morgan fingerprint density at radius 3 is 2.10 bits per heavy atom. The first-order chi connectivity index (χ1) is 20.1. The molecule has 1 aliphatic heterocycles. The molecule has 1 saturated heterocycles. The second kappa shape index (κ2) is 16.6. The standard InChI is InChI=1S/C31H41FN4O6/c1-21(2)18-26(30(39)35-27(31(40)41)19-23-8-11-24(32)12-9-23)34-29(38)25(13-10-22-6-4-3-5-7-22)33-28(37)20-36-14-16-42-17-15-36/h3-9,11-12,21,25-27H,10,13-20H2,1-2H3,(H,33,37)(H,34,38)(H,35,39)(H,40,41)/t25-,26-,27-/m0/s1. The quantitative estimate of drug-likeness (QED) is 0.251. The molecule has 0 saturated carbocycles. The van der Waals surface area contributed by atoms with Crippen molar-refractivity contribution in [3.8, 4) is 0 Å². The largest absolute Gasteiger partial charge is 0.480 e. The highest BCUT2D eigenvalue weighted by Gasteiger charge is 2.30. The minimum atomic E-state index is -1.28. The second-order valence-electron chi connectivity index (χ2n) is 11.0. The number of carboxylic acid groups (broad SMARTS) is 1. The van der Waals surface area contributed by atoms with Gasteiger partial charge in [0.1, 0.15) is 23.9 Å². The van der Waals surface area contributed by atoms with Crippen LogP contribution in [0, 0.1) is 11.7 Å². The van der Waals surface area contributed by atoms with E-state index in [1.807, 2.05) is 49.1 Å². The lowest BCUT2D eigenvalue weighted by molar-refractivity contribution is -0.142. The van der Waals surface area contributed by atoms with Gasteiger partial charge in [-0.1, -0.05) is 56.3 Å². The van der Waals surface area contributed by atoms with Crippen LogP contribution in [0.2, 0.25) is 0 Å². The molecule has 42 heavy (non-hydrogen) atoms. The van der Waals surface area contributed by atoms with Crippen LogP contribution >= 0.6 is 0 Å². The molecule has 0 bridgehead atoms. The molecule has 2 aromatic carbocycles. The number of carboxylic acids is 1. The zero-order chi connectivity index (χ0) is 30.5. The van der Waals surface area contributed by atoms with Crippen molar-refractivity contribution in [3.63, 3.8) is 0 Å². The predicted octanol–water partition coefficient (Wildman–Crippen LogP) is 1.92. The number of aryl methyl sites for hydroxylation is 1. The monoisotopic (exact) mass is 584 g/mol. The third-order valence-corrected chi connectivity index (χ3v) is 6.99. The Morgan fingerprint density at radius 2 is 1.48 bits per heavy atom. The average Bonchev–Trinajstić information content (AvgIpc) is 2.96. The van der Waals surface area contributed by atoms with Crippen molar-refractivity contribution in [2.45, 2.75) is 57.7 Å². The Bertz CT molecular complexity index is 1170. The topological polar surface area (TPSA) is 137 Å². The van der Waals surface area contributed by atoms with Gasteiger partial charge in [-0.05, 0) is 48.4 Å². The lowest BCUT2D eigenvalue weighted by Gasteiger charge is -2.28. The van der Waals surface area contributed by atoms with Gasteiger partial charge in [0.15, 0.2) is 0 Å². The van der Waals surface area contributed by atoms with Gasteiger partial charge in [-0.3, -0.25) is 19.3 Å². The van der Waals surface area contributed by atoms with E-state index in [2.05, 4.69) is 16.0 Å². The van der Waals surface area contributed by atoms with E-state index < -0.39 is 41.7 Å². The van der Waals surface area contributed by atoms with Gasteiger partial charge in [-0.25, -0.2) is 9.18 Å². The van der Waals surface area contributed by atoms with E-state index in [0.717, 1.165) is 5.56 Å². The fourth-order valence-corrected chi connectivity index (χ4v) is 4.73. The summed E-state index contributed by atoms with van der Waals surface area (Å²) in [7, 11) is 0. The van der Waals surface area contributed by atoms with Crippen molar-refractivity contribution in [2.24, 2.45) is 5.92 Å². The molecule has 228 valence electrons. The average molecular weight is 585 g/mol. The molecule has 1 fully saturated rings. The number of amides is 3. The number of nitrogens with one attached hydrogen (secondary N) is 3. The number of benzene rings is 2. The summed E-state index contributed by atoms with van der Waals surface area (Å²) in [6.07, 6.45) is 1.04. The molecule has 3 atom stereocenters. The van der Waals surface area contributed by atoms with Crippen LogP contribution in [0.4, 0.5) is 4.39 Å². The summed E-state index contributed by atoms with van der Waals surface area (Å²) in [6.45, 7) is 6.21. The summed E-state index contributed by atoms with van der Waals surface area (Å²) in [6, 6.07) is 11.7. The van der Waals surface area contributed by atoms with E-state index in [4.69, 9.17) is 4.74 Å². The molecule has 0 radical (unpaired) electrons. The minimum absolute atomic E-state index is 0.0000990. The number of hydrogen-bond donors (Lipinski definition) is 4. The highest BCUT2D eigenvalue weighted by Crippen LogP contribution is 2.11. The molecule has 0 aromatic heterocycles. The predicted molar refractivity (Wildman–Crippen MR) is 155 cm³/mol. The Hall–Kier alpha value is -3.83. The first-order valence-electron chi connectivity index (χ1n) is 14.3. The molecule has 10 nitrogen and oxygen atoms in total. The van der Waals surface area contributed by atoms with Crippen LogP contribution in [-0.2, 0) is 36.8 Å². The number of carbonyl (C=O) groups excluding carboxylic acids is 3. The summed E-state index contributed by atoms with van der Waals surface area (Å²) >= 11 is 0. The van der Waals surface area contributed by atoms with Gasteiger partial charge in [0.25, 0.3) is 0 Å². The molecule has 1 heterocycles. The first-order valence-corrected chi connectivity index (χ1v) is 14.3. The van der Waals surface area contributed by atoms with Crippen LogP contribution in [0.15, 0.2) is 54.6 Å². The zero-order valence-corrected chi connectivity index (χ0v) is 24.2. The lowest BCUT2D eigenvalue weighted by atomic mass is 10.00. The number of nitrogens with zero attached hydrogens (tertiary/aromatic N) is 1. The molecular formula is C31H41FN4O6. The molecule has 0 spiro atoms. The molecule has 3 amide bonds. The van der Waals surface area contributed by atoms with Crippen LogP contribution in [0.25, 0.3) is 0 Å². The summed E-state index contributed by atoms with van der Waals surface area (Å²) in [5.74, 6) is -3.17. The molecule has 1 aliphatic rings. The molecule has 11 heteroatoms. The summed E-state index contributed by atoms with van der Waals surface area (Å²) in [4.78, 5) is 53.7. The Morgan fingerprint density at radius 1 is 0.857 bits per heavy atom. The molecule has 2 aromatic rings. The maximum atomic E-state index is 13.5. The number of morpholine rings is 1. The van der Waals surface area contributed by atoms with Crippen molar-refractivity contribution in [3.05, 3.63) is 71.5 Å². The number of aliphatic carboxylic acids is 1. The van der Waals surface area contributed by atoms with Gasteiger partial charge in [0, 0.05) is 19.5 Å².